The van der Waals surface area contributed by atoms with E-state index in [1.54, 1.807) is 24.3 Å². The molecule has 0 fully saturated rings. The highest BCUT2D eigenvalue weighted by molar-refractivity contribution is 5.98. The van der Waals surface area contributed by atoms with Crippen LogP contribution in [0.25, 0.3) is 11.0 Å². The van der Waals surface area contributed by atoms with Gasteiger partial charge < -0.3 is 14.5 Å². The Morgan fingerprint density at radius 2 is 1.81 bits per heavy atom. The molecule has 5 nitrogen and oxygen atoms in total. The third-order valence-electron chi connectivity index (χ3n) is 4.32. The van der Waals surface area contributed by atoms with Crippen molar-refractivity contribution in [2.45, 2.75) is 32.7 Å². The second-order valence-corrected chi connectivity index (χ2v) is 6.36. The highest BCUT2D eigenvalue weighted by atomic mass is 16.5. The Labute approximate surface area is 158 Å². The van der Waals surface area contributed by atoms with Crippen LogP contribution < -0.4 is 10.1 Å². The molecule has 3 aromatic rings. The summed E-state index contributed by atoms with van der Waals surface area (Å²) in [5.41, 5.74) is 1.37. The van der Waals surface area contributed by atoms with Crippen molar-refractivity contribution in [3.05, 3.63) is 65.9 Å². The van der Waals surface area contributed by atoms with Crippen LogP contribution in [0.3, 0.4) is 0 Å². The Morgan fingerprint density at radius 1 is 1.07 bits per heavy atom. The van der Waals surface area contributed by atoms with E-state index in [0.29, 0.717) is 17.9 Å². The van der Waals surface area contributed by atoms with Crippen LogP contribution in [0.1, 0.15) is 48.8 Å². The van der Waals surface area contributed by atoms with Crippen molar-refractivity contribution in [1.82, 2.24) is 5.32 Å². The van der Waals surface area contributed by atoms with Gasteiger partial charge in [-0.15, -0.1) is 0 Å². The molecule has 0 saturated carbocycles. The summed E-state index contributed by atoms with van der Waals surface area (Å²) in [5, 5.41) is 3.88. The zero-order chi connectivity index (χ0) is 19.2. The molecule has 1 unspecified atom stereocenters. The summed E-state index contributed by atoms with van der Waals surface area (Å²) in [6.07, 6.45) is 0.295. The fourth-order valence-electron chi connectivity index (χ4n) is 2.88. The maximum Gasteiger partial charge on any atom is 0.221 e. The van der Waals surface area contributed by atoms with Crippen molar-refractivity contribution < 1.29 is 18.7 Å². The summed E-state index contributed by atoms with van der Waals surface area (Å²) in [4.78, 5) is 24.4. The van der Waals surface area contributed by atoms with Crippen LogP contribution in [0.15, 0.2) is 59.0 Å². The molecule has 27 heavy (non-hydrogen) atoms. The number of rotatable bonds is 8. The molecule has 0 saturated heterocycles. The van der Waals surface area contributed by atoms with Crippen LogP contribution >= 0.6 is 0 Å². The third-order valence-corrected chi connectivity index (χ3v) is 4.32. The molecule has 0 bridgehead atoms. The predicted molar refractivity (Wildman–Crippen MR) is 104 cm³/mol. The Bertz CT molecular complexity index is 894. The standard InChI is InChI=1S/C22H23NO4/c1-3-26-18-10-8-16(9-11-18)19(24)12-13-22(25)23-15(2)21-14-17-6-4-5-7-20(17)27-21/h4-11,14-15H,3,12-13H2,1-2H3,(H,23,25). The van der Waals surface area contributed by atoms with E-state index < -0.39 is 0 Å². The Morgan fingerprint density at radius 3 is 2.52 bits per heavy atom. The molecule has 1 atom stereocenters. The first kappa shape index (κ1) is 18.7. The lowest BCUT2D eigenvalue weighted by atomic mass is 10.1. The summed E-state index contributed by atoms with van der Waals surface area (Å²) in [6, 6.07) is 16.3. The zero-order valence-electron chi connectivity index (χ0n) is 15.5. The van der Waals surface area contributed by atoms with Crippen molar-refractivity contribution in [3.63, 3.8) is 0 Å². The molecular weight excluding hydrogens is 342 g/mol. The minimum Gasteiger partial charge on any atom is -0.494 e. The maximum atomic E-state index is 12.3. The molecule has 1 heterocycles. The lowest BCUT2D eigenvalue weighted by Gasteiger charge is -2.11. The van der Waals surface area contributed by atoms with Gasteiger partial charge in [-0.3, -0.25) is 9.59 Å². The summed E-state index contributed by atoms with van der Waals surface area (Å²) in [5.74, 6) is 1.18. The average Bonchev–Trinajstić information content (AvgIpc) is 3.11. The van der Waals surface area contributed by atoms with Crippen molar-refractivity contribution >= 4 is 22.7 Å². The van der Waals surface area contributed by atoms with E-state index in [9.17, 15) is 9.59 Å². The first-order valence-corrected chi connectivity index (χ1v) is 9.10. The van der Waals surface area contributed by atoms with Gasteiger partial charge in [0.15, 0.2) is 5.78 Å². The molecular formula is C22H23NO4. The van der Waals surface area contributed by atoms with Gasteiger partial charge in [-0.25, -0.2) is 0 Å². The van der Waals surface area contributed by atoms with Crippen molar-refractivity contribution in [3.8, 4) is 5.75 Å². The minimum absolute atomic E-state index is 0.0652. The molecule has 1 N–H and O–H groups in total. The smallest absolute Gasteiger partial charge is 0.221 e. The third kappa shape index (κ3) is 4.76. The van der Waals surface area contributed by atoms with E-state index in [1.807, 2.05) is 44.2 Å². The molecule has 140 valence electrons. The SMILES string of the molecule is CCOc1ccc(C(=O)CCC(=O)NC(C)c2cc3ccccc3o2)cc1. The lowest BCUT2D eigenvalue weighted by molar-refractivity contribution is -0.121. The summed E-state index contributed by atoms with van der Waals surface area (Å²) >= 11 is 0. The van der Waals surface area contributed by atoms with Crippen molar-refractivity contribution in [2.75, 3.05) is 6.61 Å². The number of ketones is 1. The number of hydrogen-bond donors (Lipinski definition) is 1. The molecule has 0 aliphatic heterocycles. The fraction of sp³-hybridized carbons (Fsp3) is 0.273. The van der Waals surface area contributed by atoms with E-state index in [-0.39, 0.29) is 30.6 Å². The van der Waals surface area contributed by atoms with E-state index in [1.165, 1.54) is 0 Å². The predicted octanol–water partition coefficient (Wildman–Crippen LogP) is 4.67. The molecule has 1 aromatic heterocycles. The second kappa shape index (κ2) is 8.54. The number of carbonyl (C=O) groups excluding carboxylic acids is 2. The quantitative estimate of drug-likeness (QED) is 0.589. The zero-order valence-corrected chi connectivity index (χ0v) is 15.5. The highest BCUT2D eigenvalue weighted by Gasteiger charge is 2.15. The second-order valence-electron chi connectivity index (χ2n) is 6.36. The molecule has 3 rings (SSSR count). The number of carbonyl (C=O) groups is 2. The largest absolute Gasteiger partial charge is 0.494 e. The topological polar surface area (TPSA) is 68.5 Å². The van der Waals surface area contributed by atoms with E-state index >= 15 is 0 Å². The van der Waals surface area contributed by atoms with Crippen molar-refractivity contribution in [1.29, 1.82) is 0 Å². The van der Waals surface area contributed by atoms with Gasteiger partial charge in [-0.05, 0) is 50.2 Å². The van der Waals surface area contributed by atoms with Gasteiger partial charge >= 0.3 is 0 Å². The summed E-state index contributed by atoms with van der Waals surface area (Å²) in [6.45, 7) is 4.35. The first-order valence-electron chi connectivity index (χ1n) is 9.10. The van der Waals surface area contributed by atoms with Crippen LogP contribution in [0.2, 0.25) is 0 Å². The molecule has 0 aliphatic carbocycles. The van der Waals surface area contributed by atoms with Crippen molar-refractivity contribution in [2.24, 2.45) is 0 Å². The number of para-hydroxylation sites is 1. The minimum atomic E-state index is -0.259. The monoisotopic (exact) mass is 365 g/mol. The number of ether oxygens (including phenoxy) is 1. The lowest BCUT2D eigenvalue weighted by Crippen LogP contribution is -2.26. The van der Waals surface area contributed by atoms with Crippen LogP contribution in [0.5, 0.6) is 5.75 Å². The first-order chi connectivity index (χ1) is 13.1. The Balaban J connectivity index is 1.51. The molecule has 1 amide bonds. The average molecular weight is 365 g/mol. The molecule has 2 aromatic carbocycles. The van der Waals surface area contributed by atoms with Crippen LogP contribution in [-0.4, -0.2) is 18.3 Å². The normalized spacial score (nSPS) is 11.9. The van der Waals surface area contributed by atoms with Crippen LogP contribution in [-0.2, 0) is 4.79 Å². The molecule has 0 spiro atoms. The number of furan rings is 1. The molecule has 0 radical (unpaired) electrons. The van der Waals surface area contributed by atoms with Gasteiger partial charge in [0.25, 0.3) is 0 Å². The van der Waals surface area contributed by atoms with E-state index in [0.717, 1.165) is 16.7 Å². The maximum absolute atomic E-state index is 12.3. The number of hydrogen-bond acceptors (Lipinski definition) is 4. The molecule has 5 heteroatoms. The van der Waals surface area contributed by atoms with Gasteiger partial charge in [0.05, 0.1) is 12.6 Å². The summed E-state index contributed by atoms with van der Waals surface area (Å²) < 4.78 is 11.1. The van der Waals surface area contributed by atoms with Gasteiger partial charge in [0.1, 0.15) is 17.1 Å². The highest BCUT2D eigenvalue weighted by Crippen LogP contribution is 2.23. The van der Waals surface area contributed by atoms with Crippen LogP contribution in [0.4, 0.5) is 0 Å². The number of nitrogens with one attached hydrogen (secondary N) is 1. The van der Waals surface area contributed by atoms with E-state index in [4.69, 9.17) is 9.15 Å². The molecule has 0 aliphatic rings. The van der Waals surface area contributed by atoms with Gasteiger partial charge in [0, 0.05) is 23.8 Å². The van der Waals surface area contributed by atoms with E-state index in [2.05, 4.69) is 5.32 Å². The fourth-order valence-corrected chi connectivity index (χ4v) is 2.88. The Hall–Kier alpha value is -3.08. The van der Waals surface area contributed by atoms with Gasteiger partial charge in [-0.1, -0.05) is 18.2 Å². The Kier molecular flexibility index (Phi) is 5.91. The number of Topliss-reactive ketones (excluding diaryl/α,β-unsaturated/α-hetero) is 1. The number of benzene rings is 2. The number of amides is 1. The van der Waals surface area contributed by atoms with Crippen LogP contribution in [0, 0.1) is 0 Å². The number of fused-ring (bicyclic) bond motifs is 1. The van der Waals surface area contributed by atoms with Gasteiger partial charge in [-0.2, -0.15) is 0 Å². The van der Waals surface area contributed by atoms with Gasteiger partial charge in [0.2, 0.25) is 5.91 Å². The summed E-state index contributed by atoms with van der Waals surface area (Å²) in [7, 11) is 0.